The molecule has 5 heteroatoms. The van der Waals surface area contributed by atoms with Crippen LogP contribution < -0.4 is 10.5 Å². The lowest BCUT2D eigenvalue weighted by atomic mass is 10.1. The van der Waals surface area contributed by atoms with E-state index in [9.17, 15) is 4.79 Å². The fraction of sp³-hybridized carbons (Fsp3) is 0.462. The van der Waals surface area contributed by atoms with Crippen molar-refractivity contribution in [2.75, 3.05) is 13.2 Å². The molecule has 1 rings (SSSR count). The van der Waals surface area contributed by atoms with Crippen LogP contribution in [0.4, 0.5) is 0 Å². The number of ether oxygens (including phenoxy) is 2. The van der Waals surface area contributed by atoms with E-state index in [0.717, 1.165) is 11.3 Å². The molecule has 0 fully saturated rings. The second-order valence-corrected chi connectivity index (χ2v) is 3.64. The molecule has 0 bridgehead atoms. The molecule has 0 aliphatic carbocycles. The van der Waals surface area contributed by atoms with Crippen molar-refractivity contribution in [1.29, 1.82) is 0 Å². The van der Waals surface area contributed by atoms with E-state index in [1.807, 2.05) is 31.2 Å². The maximum absolute atomic E-state index is 11.3. The Balaban J connectivity index is 0.00000289. The number of halogens is 1. The van der Waals surface area contributed by atoms with Gasteiger partial charge in [0.25, 0.3) is 0 Å². The smallest absolute Gasteiger partial charge is 0.323 e. The van der Waals surface area contributed by atoms with Crippen LogP contribution in [0.1, 0.15) is 19.4 Å². The first kappa shape index (κ1) is 16.7. The quantitative estimate of drug-likeness (QED) is 0.805. The molecule has 2 N–H and O–H groups in total. The van der Waals surface area contributed by atoms with Gasteiger partial charge in [0.1, 0.15) is 11.8 Å². The standard InChI is InChI=1S/C13H19NO3.ClH/c1-3-16-11-7-5-10(6-8-11)9-12(14)13(15)17-4-2;/h5-8,12H,3-4,9,14H2,1-2H3;1H/t12-;/m0./s1. The lowest BCUT2D eigenvalue weighted by Crippen LogP contribution is -2.34. The molecule has 18 heavy (non-hydrogen) atoms. The van der Waals surface area contributed by atoms with E-state index in [1.165, 1.54) is 0 Å². The van der Waals surface area contributed by atoms with Gasteiger partial charge in [-0.3, -0.25) is 4.79 Å². The fourth-order valence-corrected chi connectivity index (χ4v) is 1.47. The zero-order chi connectivity index (χ0) is 12.7. The van der Waals surface area contributed by atoms with Crippen molar-refractivity contribution in [2.45, 2.75) is 26.3 Å². The van der Waals surface area contributed by atoms with Crippen LogP contribution in [0.5, 0.6) is 5.75 Å². The van der Waals surface area contributed by atoms with Crippen LogP contribution in [0.2, 0.25) is 0 Å². The lowest BCUT2D eigenvalue weighted by molar-refractivity contribution is -0.144. The average molecular weight is 274 g/mol. The Morgan fingerprint density at radius 1 is 1.22 bits per heavy atom. The molecule has 0 amide bonds. The van der Waals surface area contributed by atoms with E-state index in [-0.39, 0.29) is 18.4 Å². The summed E-state index contributed by atoms with van der Waals surface area (Å²) in [5.41, 5.74) is 6.72. The third-order valence-electron chi connectivity index (χ3n) is 2.28. The number of carbonyl (C=O) groups excluding carboxylic acids is 1. The van der Waals surface area contributed by atoms with Crippen LogP contribution >= 0.6 is 12.4 Å². The Labute approximate surface area is 114 Å². The molecule has 0 heterocycles. The summed E-state index contributed by atoms with van der Waals surface area (Å²) in [4.78, 5) is 11.3. The Morgan fingerprint density at radius 2 is 1.83 bits per heavy atom. The zero-order valence-corrected chi connectivity index (χ0v) is 11.5. The van der Waals surface area contributed by atoms with Crippen molar-refractivity contribution < 1.29 is 14.3 Å². The van der Waals surface area contributed by atoms with Crippen LogP contribution in [-0.4, -0.2) is 25.2 Å². The summed E-state index contributed by atoms with van der Waals surface area (Å²) in [6.45, 7) is 4.70. The van der Waals surface area contributed by atoms with Gasteiger partial charge in [-0.15, -0.1) is 12.4 Å². The van der Waals surface area contributed by atoms with Gasteiger partial charge in [0.15, 0.2) is 0 Å². The molecule has 0 spiro atoms. The first-order valence-corrected chi connectivity index (χ1v) is 5.81. The Bertz CT molecular complexity index is 354. The van der Waals surface area contributed by atoms with Gasteiger partial charge in [0, 0.05) is 0 Å². The van der Waals surface area contributed by atoms with Crippen molar-refractivity contribution in [2.24, 2.45) is 5.73 Å². The number of hydrogen-bond acceptors (Lipinski definition) is 4. The van der Waals surface area contributed by atoms with Gasteiger partial charge < -0.3 is 15.2 Å². The minimum atomic E-state index is -0.604. The number of carbonyl (C=O) groups is 1. The Morgan fingerprint density at radius 3 is 2.33 bits per heavy atom. The molecule has 0 saturated carbocycles. The highest BCUT2D eigenvalue weighted by molar-refractivity contribution is 5.85. The minimum absolute atomic E-state index is 0. The first-order valence-electron chi connectivity index (χ1n) is 5.81. The van der Waals surface area contributed by atoms with Gasteiger partial charge in [-0.1, -0.05) is 12.1 Å². The molecular formula is C13H20ClNO3. The summed E-state index contributed by atoms with van der Waals surface area (Å²) < 4.78 is 10.2. The molecule has 1 aromatic carbocycles. The van der Waals surface area contributed by atoms with Crippen molar-refractivity contribution in [3.05, 3.63) is 29.8 Å². The Hall–Kier alpha value is -1.26. The summed E-state index contributed by atoms with van der Waals surface area (Å²) in [7, 11) is 0. The number of benzene rings is 1. The van der Waals surface area contributed by atoms with E-state index >= 15 is 0 Å². The van der Waals surface area contributed by atoms with Gasteiger partial charge in [-0.05, 0) is 38.0 Å². The van der Waals surface area contributed by atoms with Crippen molar-refractivity contribution in [1.82, 2.24) is 0 Å². The van der Waals surface area contributed by atoms with Crippen LogP contribution in [0.15, 0.2) is 24.3 Å². The summed E-state index contributed by atoms with van der Waals surface area (Å²) in [5.74, 6) is 0.461. The number of esters is 1. The van der Waals surface area contributed by atoms with Crippen molar-refractivity contribution in [3.8, 4) is 5.75 Å². The maximum atomic E-state index is 11.3. The largest absolute Gasteiger partial charge is 0.494 e. The zero-order valence-electron chi connectivity index (χ0n) is 10.7. The highest BCUT2D eigenvalue weighted by Gasteiger charge is 2.14. The van der Waals surface area contributed by atoms with Crippen molar-refractivity contribution in [3.63, 3.8) is 0 Å². The normalized spacial score (nSPS) is 11.3. The monoisotopic (exact) mass is 273 g/mol. The van der Waals surface area contributed by atoms with E-state index in [1.54, 1.807) is 6.92 Å². The molecule has 0 unspecified atom stereocenters. The number of rotatable bonds is 6. The SMILES string of the molecule is CCOC(=O)[C@@H](N)Cc1ccc(OCC)cc1.Cl. The molecule has 0 aromatic heterocycles. The highest BCUT2D eigenvalue weighted by atomic mass is 35.5. The van der Waals surface area contributed by atoms with Crippen LogP contribution in [-0.2, 0) is 16.0 Å². The maximum Gasteiger partial charge on any atom is 0.323 e. The summed E-state index contributed by atoms with van der Waals surface area (Å²) in [6, 6.07) is 6.95. The lowest BCUT2D eigenvalue weighted by Gasteiger charge is -2.11. The van der Waals surface area contributed by atoms with Gasteiger partial charge >= 0.3 is 5.97 Å². The van der Waals surface area contributed by atoms with Crippen LogP contribution in [0, 0.1) is 0 Å². The topological polar surface area (TPSA) is 61.5 Å². The molecular weight excluding hydrogens is 254 g/mol. The number of nitrogens with two attached hydrogens (primary N) is 1. The minimum Gasteiger partial charge on any atom is -0.494 e. The predicted octanol–water partition coefficient (Wildman–Crippen LogP) is 1.94. The molecule has 1 aromatic rings. The molecule has 4 nitrogen and oxygen atoms in total. The van der Waals surface area contributed by atoms with Gasteiger partial charge in [-0.25, -0.2) is 0 Å². The third-order valence-corrected chi connectivity index (χ3v) is 2.28. The van der Waals surface area contributed by atoms with Crippen LogP contribution in [0.25, 0.3) is 0 Å². The molecule has 102 valence electrons. The predicted molar refractivity (Wildman–Crippen MR) is 73.2 cm³/mol. The highest BCUT2D eigenvalue weighted by Crippen LogP contribution is 2.13. The van der Waals surface area contributed by atoms with Crippen molar-refractivity contribution >= 4 is 18.4 Å². The second-order valence-electron chi connectivity index (χ2n) is 3.64. The molecule has 0 aliphatic heterocycles. The van der Waals surface area contributed by atoms with E-state index in [0.29, 0.717) is 19.6 Å². The molecule has 1 atom stereocenters. The molecule has 0 saturated heterocycles. The summed E-state index contributed by atoms with van der Waals surface area (Å²) >= 11 is 0. The second kappa shape index (κ2) is 8.78. The Kier molecular flexibility index (Phi) is 8.16. The summed E-state index contributed by atoms with van der Waals surface area (Å²) in [5, 5.41) is 0. The number of hydrogen-bond donors (Lipinski definition) is 1. The van der Waals surface area contributed by atoms with Crippen LogP contribution in [0.3, 0.4) is 0 Å². The summed E-state index contributed by atoms with van der Waals surface area (Å²) in [6.07, 6.45) is 0.477. The van der Waals surface area contributed by atoms with Gasteiger partial charge in [0.05, 0.1) is 13.2 Å². The fourth-order valence-electron chi connectivity index (χ4n) is 1.47. The van der Waals surface area contributed by atoms with E-state index in [2.05, 4.69) is 0 Å². The van der Waals surface area contributed by atoms with E-state index < -0.39 is 6.04 Å². The first-order chi connectivity index (χ1) is 8.17. The molecule has 0 radical (unpaired) electrons. The average Bonchev–Trinajstić information content (AvgIpc) is 2.32. The third kappa shape index (κ3) is 5.38. The molecule has 0 aliphatic rings. The van der Waals surface area contributed by atoms with Gasteiger partial charge in [-0.2, -0.15) is 0 Å². The van der Waals surface area contributed by atoms with E-state index in [4.69, 9.17) is 15.2 Å². The van der Waals surface area contributed by atoms with Gasteiger partial charge in [0.2, 0.25) is 0 Å².